The first-order valence-electron chi connectivity index (χ1n) is 5.52. The van der Waals surface area contributed by atoms with E-state index in [1.165, 1.54) is 24.3 Å². The number of hydrogen-bond acceptors (Lipinski definition) is 4. The van der Waals surface area contributed by atoms with E-state index in [-0.39, 0.29) is 17.2 Å². The molecule has 5 nitrogen and oxygen atoms in total. The highest BCUT2D eigenvalue weighted by molar-refractivity contribution is 9.10. The minimum atomic E-state index is -4.49. The molecule has 0 spiro atoms. The quantitative estimate of drug-likeness (QED) is 0.496. The number of hydrogen-bond donors (Lipinski definition) is 1. The summed E-state index contributed by atoms with van der Waals surface area (Å²) in [6.45, 7) is 0. The third-order valence-electron chi connectivity index (χ3n) is 2.49. The van der Waals surface area contributed by atoms with Crippen molar-refractivity contribution in [3.63, 3.8) is 0 Å². The molecule has 0 bridgehead atoms. The highest BCUT2D eigenvalue weighted by Gasteiger charge is 2.30. The summed E-state index contributed by atoms with van der Waals surface area (Å²) in [4.78, 5) is 14.1. The van der Waals surface area contributed by atoms with Crippen LogP contribution in [0.25, 0.3) is 0 Å². The van der Waals surface area contributed by atoms with Crippen LogP contribution in [0.5, 0.6) is 0 Å². The molecule has 0 fully saturated rings. The minimum absolute atomic E-state index is 0.0542. The number of nitrogens with zero attached hydrogens (tertiary/aromatic N) is 2. The summed E-state index contributed by atoms with van der Waals surface area (Å²) in [6, 6.07) is 6.90. The second kappa shape index (κ2) is 5.68. The van der Waals surface area contributed by atoms with Gasteiger partial charge in [-0.3, -0.25) is 10.1 Å². The molecule has 9 heteroatoms. The molecule has 0 saturated heterocycles. The van der Waals surface area contributed by atoms with Crippen molar-refractivity contribution in [2.45, 2.75) is 6.18 Å². The summed E-state index contributed by atoms with van der Waals surface area (Å²) >= 11 is 3.05. The molecule has 2 rings (SSSR count). The van der Waals surface area contributed by atoms with E-state index in [4.69, 9.17) is 0 Å². The lowest BCUT2D eigenvalue weighted by Crippen LogP contribution is -2.06. The van der Waals surface area contributed by atoms with E-state index in [0.717, 1.165) is 12.1 Å². The molecule has 1 N–H and O–H groups in total. The molecule has 0 saturated carbocycles. The summed E-state index contributed by atoms with van der Waals surface area (Å²) in [7, 11) is 0. The van der Waals surface area contributed by atoms with Crippen LogP contribution >= 0.6 is 15.9 Å². The Bertz CT molecular complexity index is 692. The van der Waals surface area contributed by atoms with Crippen LogP contribution in [0.15, 0.2) is 41.0 Å². The Balaban J connectivity index is 2.39. The second-order valence-corrected chi connectivity index (χ2v) is 4.77. The normalized spacial score (nSPS) is 11.2. The van der Waals surface area contributed by atoms with E-state index in [1.54, 1.807) is 0 Å². The average Bonchev–Trinajstić information content (AvgIpc) is 2.37. The van der Waals surface area contributed by atoms with Crippen molar-refractivity contribution in [2.75, 3.05) is 5.32 Å². The molecule has 21 heavy (non-hydrogen) atoms. The predicted octanol–water partition coefficient (Wildman–Crippen LogP) is 4.51. The summed E-state index contributed by atoms with van der Waals surface area (Å²) < 4.78 is 38.2. The Morgan fingerprint density at radius 3 is 2.57 bits per heavy atom. The van der Waals surface area contributed by atoms with Gasteiger partial charge in [-0.2, -0.15) is 13.2 Å². The van der Waals surface area contributed by atoms with E-state index < -0.39 is 16.7 Å². The zero-order valence-electron chi connectivity index (χ0n) is 10.2. The van der Waals surface area contributed by atoms with E-state index in [2.05, 4.69) is 26.2 Å². The van der Waals surface area contributed by atoms with E-state index in [0.29, 0.717) is 4.60 Å². The Kier molecular flexibility index (Phi) is 4.12. The number of rotatable bonds is 3. The van der Waals surface area contributed by atoms with Gasteiger partial charge < -0.3 is 5.32 Å². The fourth-order valence-corrected chi connectivity index (χ4v) is 1.89. The van der Waals surface area contributed by atoms with Gasteiger partial charge in [0.05, 0.1) is 10.5 Å². The van der Waals surface area contributed by atoms with E-state index in [1.807, 2.05) is 0 Å². The van der Waals surface area contributed by atoms with Gasteiger partial charge in [0, 0.05) is 11.8 Å². The van der Waals surface area contributed by atoms with Crippen molar-refractivity contribution in [2.24, 2.45) is 0 Å². The molecule has 0 aliphatic rings. The highest BCUT2D eigenvalue weighted by atomic mass is 79.9. The Morgan fingerprint density at radius 1 is 1.24 bits per heavy atom. The molecule has 110 valence electrons. The maximum absolute atomic E-state index is 12.6. The fraction of sp³-hybridized carbons (Fsp3) is 0.0833. The molecule has 0 radical (unpaired) electrons. The number of anilines is 2. The fourth-order valence-electron chi connectivity index (χ4n) is 1.58. The molecular weight excluding hydrogens is 355 g/mol. The van der Waals surface area contributed by atoms with Gasteiger partial charge in [0.1, 0.15) is 4.60 Å². The smallest absolute Gasteiger partial charge is 0.334 e. The van der Waals surface area contributed by atoms with E-state index >= 15 is 0 Å². The molecule has 1 aromatic carbocycles. The lowest BCUT2D eigenvalue weighted by molar-refractivity contribution is -0.384. The third kappa shape index (κ3) is 3.69. The number of nitrogens with one attached hydrogen (secondary N) is 1. The van der Waals surface area contributed by atoms with Gasteiger partial charge in [0.25, 0.3) is 0 Å². The standard InChI is InChI=1S/C12H7BrF3N3O2/c13-10-5-4-9(19(20)21)11(18-10)17-8-3-1-2-7(6-8)12(14,15)16/h1-6H,(H,17,18). The van der Waals surface area contributed by atoms with Crippen LogP contribution in [0, 0.1) is 10.1 Å². The van der Waals surface area contributed by atoms with Gasteiger partial charge in [-0.25, -0.2) is 4.98 Å². The molecule has 0 amide bonds. The molecular formula is C12H7BrF3N3O2. The first kappa shape index (κ1) is 15.2. The van der Waals surface area contributed by atoms with Gasteiger partial charge in [-0.05, 0) is 40.2 Å². The summed E-state index contributed by atoms with van der Waals surface area (Å²) in [5.41, 5.74) is -1.14. The van der Waals surface area contributed by atoms with Gasteiger partial charge in [0.2, 0.25) is 5.82 Å². The van der Waals surface area contributed by atoms with Crippen LogP contribution in [0.2, 0.25) is 0 Å². The SMILES string of the molecule is O=[N+]([O-])c1ccc(Br)nc1Nc1cccc(C(F)(F)F)c1. The maximum Gasteiger partial charge on any atom is 0.416 e. The molecule has 2 aromatic rings. The first-order chi connectivity index (χ1) is 9.77. The predicted molar refractivity (Wildman–Crippen MR) is 73.3 cm³/mol. The Hall–Kier alpha value is -2.16. The topological polar surface area (TPSA) is 68.1 Å². The summed E-state index contributed by atoms with van der Waals surface area (Å²) in [5.74, 6) is -0.145. The number of alkyl halides is 3. The third-order valence-corrected chi connectivity index (χ3v) is 2.93. The van der Waals surface area contributed by atoms with Crippen LogP contribution in [0.3, 0.4) is 0 Å². The van der Waals surface area contributed by atoms with Crippen molar-refractivity contribution in [3.8, 4) is 0 Å². The van der Waals surface area contributed by atoms with E-state index in [9.17, 15) is 23.3 Å². The highest BCUT2D eigenvalue weighted by Crippen LogP contribution is 2.32. The average molecular weight is 362 g/mol. The largest absolute Gasteiger partial charge is 0.416 e. The van der Waals surface area contributed by atoms with Crippen LogP contribution in [-0.4, -0.2) is 9.91 Å². The van der Waals surface area contributed by atoms with Crippen LogP contribution in [0.4, 0.5) is 30.4 Å². The van der Waals surface area contributed by atoms with Gasteiger partial charge in [-0.15, -0.1) is 0 Å². The van der Waals surface area contributed by atoms with Crippen molar-refractivity contribution in [3.05, 3.63) is 56.7 Å². The van der Waals surface area contributed by atoms with Gasteiger partial charge in [0.15, 0.2) is 0 Å². The van der Waals surface area contributed by atoms with Crippen molar-refractivity contribution < 1.29 is 18.1 Å². The summed E-state index contributed by atoms with van der Waals surface area (Å²) in [5, 5.41) is 13.4. The molecule has 0 atom stereocenters. The lowest BCUT2D eigenvalue weighted by Gasteiger charge is -2.10. The number of halogens is 4. The van der Waals surface area contributed by atoms with Crippen molar-refractivity contribution in [1.29, 1.82) is 0 Å². The first-order valence-corrected chi connectivity index (χ1v) is 6.32. The van der Waals surface area contributed by atoms with Crippen LogP contribution in [-0.2, 0) is 6.18 Å². The maximum atomic E-state index is 12.6. The number of benzene rings is 1. The van der Waals surface area contributed by atoms with Crippen molar-refractivity contribution >= 4 is 33.1 Å². The zero-order chi connectivity index (χ0) is 15.6. The number of aromatic nitrogens is 1. The monoisotopic (exact) mass is 361 g/mol. The Morgan fingerprint density at radius 2 is 1.95 bits per heavy atom. The van der Waals surface area contributed by atoms with Crippen LogP contribution in [0.1, 0.15) is 5.56 Å². The molecule has 1 aromatic heterocycles. The second-order valence-electron chi connectivity index (χ2n) is 3.96. The van der Waals surface area contributed by atoms with Gasteiger partial charge in [-0.1, -0.05) is 6.07 Å². The van der Waals surface area contributed by atoms with Crippen LogP contribution < -0.4 is 5.32 Å². The molecule has 1 heterocycles. The Labute approximate surface area is 125 Å². The minimum Gasteiger partial charge on any atom is -0.334 e. The lowest BCUT2D eigenvalue weighted by atomic mass is 10.2. The molecule has 0 unspecified atom stereocenters. The van der Waals surface area contributed by atoms with Crippen molar-refractivity contribution in [1.82, 2.24) is 4.98 Å². The molecule has 0 aliphatic carbocycles. The molecule has 0 aliphatic heterocycles. The summed E-state index contributed by atoms with van der Waals surface area (Å²) in [6.07, 6.45) is -4.49. The zero-order valence-corrected chi connectivity index (χ0v) is 11.8. The number of pyridine rings is 1. The number of nitro groups is 1. The van der Waals surface area contributed by atoms with Gasteiger partial charge >= 0.3 is 11.9 Å².